The van der Waals surface area contributed by atoms with Crippen LogP contribution in [0, 0.1) is 6.92 Å². The van der Waals surface area contributed by atoms with E-state index in [0.29, 0.717) is 18.7 Å². The van der Waals surface area contributed by atoms with Gasteiger partial charge < -0.3 is 15.5 Å². The molecule has 1 aliphatic heterocycles. The van der Waals surface area contributed by atoms with E-state index in [2.05, 4.69) is 10.6 Å². The third-order valence-corrected chi connectivity index (χ3v) is 4.76. The number of benzene rings is 2. The van der Waals surface area contributed by atoms with Crippen LogP contribution >= 0.6 is 0 Å². The zero-order valence-corrected chi connectivity index (χ0v) is 16.2. The molecule has 0 saturated carbocycles. The van der Waals surface area contributed by atoms with Crippen molar-refractivity contribution in [2.45, 2.75) is 39.2 Å². The maximum absolute atomic E-state index is 12.6. The zero-order valence-electron chi connectivity index (χ0n) is 16.2. The molecule has 0 radical (unpaired) electrons. The van der Waals surface area contributed by atoms with Crippen molar-refractivity contribution in [3.8, 4) is 0 Å². The Morgan fingerprint density at radius 1 is 1.14 bits per heavy atom. The summed E-state index contributed by atoms with van der Waals surface area (Å²) in [6.07, 6.45) is 1.53. The standard InChI is InChI=1S/C22H25N3O3/c1-15-8-10-17(11-9-15)20(23-16(2)26)14-21(27)24-18-5-3-6-19(13-18)25-12-4-7-22(25)28/h3,5-6,8-11,13,20H,4,7,12,14H2,1-2H3,(H,23,26)(H,24,27). The van der Waals surface area contributed by atoms with Crippen LogP contribution < -0.4 is 15.5 Å². The molecule has 1 fully saturated rings. The second-order valence-corrected chi connectivity index (χ2v) is 7.12. The lowest BCUT2D eigenvalue weighted by atomic mass is 10.0. The van der Waals surface area contributed by atoms with Crippen molar-refractivity contribution in [1.29, 1.82) is 0 Å². The van der Waals surface area contributed by atoms with Crippen molar-refractivity contribution in [2.75, 3.05) is 16.8 Å². The molecule has 0 aromatic heterocycles. The van der Waals surface area contributed by atoms with Crippen molar-refractivity contribution in [3.05, 3.63) is 59.7 Å². The molecule has 0 bridgehead atoms. The first kappa shape index (κ1) is 19.6. The van der Waals surface area contributed by atoms with E-state index in [0.717, 1.165) is 23.2 Å². The van der Waals surface area contributed by atoms with E-state index >= 15 is 0 Å². The number of carbonyl (C=O) groups excluding carboxylic acids is 3. The van der Waals surface area contributed by atoms with Gasteiger partial charge in [0.2, 0.25) is 17.7 Å². The SMILES string of the molecule is CC(=O)NC(CC(=O)Nc1cccc(N2CCCC2=O)c1)c1ccc(C)cc1. The van der Waals surface area contributed by atoms with E-state index in [4.69, 9.17) is 0 Å². The Kier molecular flexibility index (Phi) is 6.09. The lowest BCUT2D eigenvalue weighted by molar-refractivity contribution is -0.120. The average molecular weight is 379 g/mol. The predicted molar refractivity (Wildman–Crippen MR) is 109 cm³/mol. The topological polar surface area (TPSA) is 78.5 Å². The van der Waals surface area contributed by atoms with Gasteiger partial charge in [-0.1, -0.05) is 35.9 Å². The number of hydrogen-bond donors (Lipinski definition) is 2. The van der Waals surface area contributed by atoms with Crippen LogP contribution in [0.1, 0.15) is 43.4 Å². The minimum absolute atomic E-state index is 0.105. The van der Waals surface area contributed by atoms with Crippen molar-refractivity contribution < 1.29 is 14.4 Å². The van der Waals surface area contributed by atoms with Crippen LogP contribution in [0.5, 0.6) is 0 Å². The first-order valence-corrected chi connectivity index (χ1v) is 9.46. The van der Waals surface area contributed by atoms with Crippen LogP contribution in [0.3, 0.4) is 0 Å². The molecule has 2 aromatic rings. The first-order valence-electron chi connectivity index (χ1n) is 9.46. The molecule has 0 spiro atoms. The highest BCUT2D eigenvalue weighted by Crippen LogP contribution is 2.25. The van der Waals surface area contributed by atoms with Crippen LogP contribution in [0.25, 0.3) is 0 Å². The van der Waals surface area contributed by atoms with Crippen LogP contribution in [0.2, 0.25) is 0 Å². The highest BCUT2D eigenvalue weighted by atomic mass is 16.2. The molecule has 1 saturated heterocycles. The Morgan fingerprint density at radius 3 is 2.54 bits per heavy atom. The predicted octanol–water partition coefficient (Wildman–Crippen LogP) is 3.33. The third kappa shape index (κ3) is 4.97. The largest absolute Gasteiger partial charge is 0.349 e. The second kappa shape index (κ2) is 8.69. The highest BCUT2D eigenvalue weighted by molar-refractivity contribution is 5.97. The molecule has 28 heavy (non-hydrogen) atoms. The van der Waals surface area contributed by atoms with Crippen molar-refractivity contribution in [2.24, 2.45) is 0 Å². The molecule has 0 aliphatic carbocycles. The molecule has 6 heteroatoms. The molecule has 146 valence electrons. The molecule has 1 aliphatic rings. The molecule has 6 nitrogen and oxygen atoms in total. The number of amides is 3. The number of hydrogen-bond acceptors (Lipinski definition) is 3. The molecular weight excluding hydrogens is 354 g/mol. The van der Waals surface area contributed by atoms with Gasteiger partial charge in [0.15, 0.2) is 0 Å². The van der Waals surface area contributed by atoms with Crippen LogP contribution in [0.15, 0.2) is 48.5 Å². The van der Waals surface area contributed by atoms with Gasteiger partial charge in [-0.15, -0.1) is 0 Å². The molecule has 2 N–H and O–H groups in total. The van der Waals surface area contributed by atoms with Gasteiger partial charge >= 0.3 is 0 Å². The van der Waals surface area contributed by atoms with Crippen LogP contribution in [-0.2, 0) is 14.4 Å². The van der Waals surface area contributed by atoms with E-state index in [1.807, 2.05) is 43.3 Å². The van der Waals surface area contributed by atoms with Gasteiger partial charge in [-0.3, -0.25) is 14.4 Å². The number of aryl methyl sites for hydroxylation is 1. The second-order valence-electron chi connectivity index (χ2n) is 7.12. The monoisotopic (exact) mass is 379 g/mol. The fourth-order valence-corrected chi connectivity index (χ4v) is 3.37. The van der Waals surface area contributed by atoms with E-state index < -0.39 is 6.04 Å². The normalized spacial score (nSPS) is 14.6. The molecule has 1 heterocycles. The van der Waals surface area contributed by atoms with Crippen molar-refractivity contribution in [3.63, 3.8) is 0 Å². The van der Waals surface area contributed by atoms with Crippen molar-refractivity contribution >= 4 is 29.1 Å². The van der Waals surface area contributed by atoms with E-state index in [1.54, 1.807) is 17.0 Å². The van der Waals surface area contributed by atoms with Gasteiger partial charge in [0, 0.05) is 31.3 Å². The van der Waals surface area contributed by atoms with Gasteiger partial charge in [-0.2, -0.15) is 0 Å². The Labute approximate surface area is 164 Å². The van der Waals surface area contributed by atoms with Gasteiger partial charge in [0.05, 0.1) is 12.5 Å². The lowest BCUT2D eigenvalue weighted by Crippen LogP contribution is -2.29. The Morgan fingerprint density at radius 2 is 1.89 bits per heavy atom. The summed E-state index contributed by atoms with van der Waals surface area (Å²) < 4.78 is 0. The molecule has 3 rings (SSSR count). The van der Waals surface area contributed by atoms with Gasteiger partial charge in [-0.05, 0) is 37.1 Å². The molecular formula is C22H25N3O3. The average Bonchev–Trinajstić information content (AvgIpc) is 3.07. The molecule has 3 amide bonds. The molecule has 1 unspecified atom stereocenters. The minimum atomic E-state index is -0.401. The summed E-state index contributed by atoms with van der Waals surface area (Å²) in [5.74, 6) is -0.286. The van der Waals surface area contributed by atoms with E-state index in [-0.39, 0.29) is 24.1 Å². The number of carbonyl (C=O) groups is 3. The molecule has 2 aromatic carbocycles. The molecule has 1 atom stereocenters. The summed E-state index contributed by atoms with van der Waals surface area (Å²) in [7, 11) is 0. The fraction of sp³-hybridized carbons (Fsp3) is 0.318. The Balaban J connectivity index is 1.69. The van der Waals surface area contributed by atoms with Crippen LogP contribution in [-0.4, -0.2) is 24.3 Å². The quantitative estimate of drug-likeness (QED) is 0.808. The van der Waals surface area contributed by atoms with Gasteiger partial charge in [0.25, 0.3) is 0 Å². The summed E-state index contributed by atoms with van der Waals surface area (Å²) in [5.41, 5.74) is 3.42. The maximum Gasteiger partial charge on any atom is 0.227 e. The number of rotatable bonds is 6. The summed E-state index contributed by atoms with van der Waals surface area (Å²) in [5, 5.41) is 5.72. The number of nitrogens with one attached hydrogen (secondary N) is 2. The third-order valence-electron chi connectivity index (χ3n) is 4.76. The van der Waals surface area contributed by atoms with E-state index in [1.165, 1.54) is 6.92 Å². The fourth-order valence-electron chi connectivity index (χ4n) is 3.37. The number of nitrogens with zero attached hydrogens (tertiary/aromatic N) is 1. The van der Waals surface area contributed by atoms with E-state index in [9.17, 15) is 14.4 Å². The minimum Gasteiger partial charge on any atom is -0.349 e. The van der Waals surface area contributed by atoms with Gasteiger partial charge in [-0.25, -0.2) is 0 Å². The van der Waals surface area contributed by atoms with Crippen molar-refractivity contribution in [1.82, 2.24) is 5.32 Å². The van der Waals surface area contributed by atoms with Gasteiger partial charge in [0.1, 0.15) is 0 Å². The Bertz CT molecular complexity index is 877. The van der Waals surface area contributed by atoms with Crippen LogP contribution in [0.4, 0.5) is 11.4 Å². The number of anilines is 2. The summed E-state index contributed by atoms with van der Waals surface area (Å²) in [4.78, 5) is 37.8. The highest BCUT2D eigenvalue weighted by Gasteiger charge is 2.22. The summed E-state index contributed by atoms with van der Waals surface area (Å²) in [6, 6.07) is 14.6. The first-order chi connectivity index (χ1) is 13.4. The smallest absolute Gasteiger partial charge is 0.227 e. The maximum atomic E-state index is 12.6. The Hall–Kier alpha value is -3.15. The zero-order chi connectivity index (χ0) is 20.1. The summed E-state index contributed by atoms with van der Waals surface area (Å²) >= 11 is 0. The lowest BCUT2D eigenvalue weighted by Gasteiger charge is -2.19. The summed E-state index contributed by atoms with van der Waals surface area (Å²) in [6.45, 7) is 4.13.